The predicted octanol–water partition coefficient (Wildman–Crippen LogP) is 3.57. The van der Waals surface area contributed by atoms with Gasteiger partial charge >= 0.3 is 0 Å². The fourth-order valence-corrected chi connectivity index (χ4v) is 14.0. The first-order chi connectivity index (χ1) is 55.4. The molecule has 0 radical (unpaired) electrons. The van der Waals surface area contributed by atoms with Crippen molar-refractivity contribution in [2.75, 3.05) is 78.9 Å². The summed E-state index contributed by atoms with van der Waals surface area (Å²) in [5.74, 6) is -13.2. The summed E-state index contributed by atoms with van der Waals surface area (Å²) < 4.78 is 17.1. The number of primary amides is 2. The van der Waals surface area contributed by atoms with Crippen molar-refractivity contribution in [3.63, 3.8) is 0 Å². The fourth-order valence-electron chi connectivity index (χ4n) is 14.0. The topological polar surface area (TPSA) is 508 Å². The lowest BCUT2D eigenvalue weighted by atomic mass is 9.89. The van der Waals surface area contributed by atoms with Crippen LogP contribution in [0.4, 0.5) is 0 Å². The van der Waals surface area contributed by atoms with E-state index in [1.807, 2.05) is 55.4 Å². The van der Waals surface area contributed by atoms with E-state index in [0.717, 1.165) is 0 Å². The van der Waals surface area contributed by atoms with Crippen LogP contribution < -0.4 is 65.5 Å². The fraction of sp³-hybridized carbons (Fsp3) is 0.810. The first-order valence-corrected chi connectivity index (χ1v) is 43.2. The van der Waals surface area contributed by atoms with Crippen LogP contribution in [0.25, 0.3) is 0 Å². The zero-order chi connectivity index (χ0) is 88.0. The SMILES string of the molecule is CCC(C)[C@H](NC(=O)[C@@H]1CCCN1C(=O)[C@@H](NC(=O)[C@H](C)CC)C(C)C)C(=O)C[C@@H](C)C(=O)N[C@@H](CCC(N)=O)C(=O)C[C@@H](CCCCN)C(=O)NCCCOCCOCCOCCCNC(=O)[C@H](CCCCN)CC(=O)[C@H](CCC(N)=O)NC(=O)[C@H](C)CC(=O)[C@@H](NC(=O)[C@@H]1CCCN1C(=O)[C@@H](NC(=O)[C@H](C)CC)C(C)C)[C@@H](C)CC. The summed E-state index contributed by atoms with van der Waals surface area (Å²) >= 11 is 0. The molecule has 12 amide bonds. The van der Waals surface area contributed by atoms with Gasteiger partial charge in [-0.15, -0.1) is 0 Å². The largest absolute Gasteiger partial charge is 0.379 e. The summed E-state index contributed by atoms with van der Waals surface area (Å²) in [6.45, 7) is 28.2. The summed E-state index contributed by atoms with van der Waals surface area (Å²) in [6.07, 6.45) is 5.64. The van der Waals surface area contributed by atoms with E-state index in [4.69, 9.17) is 37.1 Å². The molecule has 16 atom stereocenters. The van der Waals surface area contributed by atoms with E-state index in [1.165, 1.54) is 23.6 Å². The number of amides is 12. The number of nitrogens with zero attached hydrogens (tertiary/aromatic N) is 2. The average Bonchev–Trinajstić information content (AvgIpc) is 1.70. The van der Waals surface area contributed by atoms with Gasteiger partial charge < -0.3 is 89.5 Å². The van der Waals surface area contributed by atoms with E-state index in [2.05, 4.69) is 42.5 Å². The minimum Gasteiger partial charge on any atom is -0.379 e. The third-order valence-electron chi connectivity index (χ3n) is 22.6. The summed E-state index contributed by atoms with van der Waals surface area (Å²) in [5.41, 5.74) is 22.6. The van der Waals surface area contributed by atoms with Crippen LogP contribution in [0.15, 0.2) is 0 Å². The highest BCUT2D eigenvalue weighted by atomic mass is 16.5. The second-order valence-electron chi connectivity index (χ2n) is 32.9. The van der Waals surface area contributed by atoms with Gasteiger partial charge in [-0.2, -0.15) is 0 Å². The lowest BCUT2D eigenvalue weighted by molar-refractivity contribution is -0.143. The number of carbonyl (C=O) groups excluding carboxylic acids is 16. The highest BCUT2D eigenvalue weighted by Gasteiger charge is 2.44. The lowest BCUT2D eigenvalue weighted by Crippen LogP contribution is -2.57. The molecule has 2 rings (SSSR count). The van der Waals surface area contributed by atoms with E-state index < -0.39 is 142 Å². The number of nitrogens with one attached hydrogen (secondary N) is 8. The van der Waals surface area contributed by atoms with Crippen LogP contribution in [-0.2, 0) is 90.9 Å². The van der Waals surface area contributed by atoms with Crippen LogP contribution in [0.5, 0.6) is 0 Å². The van der Waals surface area contributed by atoms with Crippen molar-refractivity contribution >= 4 is 94.0 Å². The molecule has 0 bridgehead atoms. The molecular weight excluding hydrogens is 1510 g/mol. The van der Waals surface area contributed by atoms with Gasteiger partial charge in [-0.25, -0.2) is 0 Å². The van der Waals surface area contributed by atoms with Crippen LogP contribution >= 0.6 is 0 Å². The van der Waals surface area contributed by atoms with Crippen LogP contribution in [0.2, 0.25) is 0 Å². The number of hydrogen-bond acceptors (Lipinski definition) is 21. The molecule has 0 aromatic carbocycles. The van der Waals surface area contributed by atoms with Gasteiger partial charge in [0.15, 0.2) is 23.1 Å². The van der Waals surface area contributed by atoms with Gasteiger partial charge in [0.1, 0.15) is 24.2 Å². The van der Waals surface area contributed by atoms with Gasteiger partial charge in [0.2, 0.25) is 70.9 Å². The van der Waals surface area contributed by atoms with E-state index >= 15 is 0 Å². The van der Waals surface area contributed by atoms with Gasteiger partial charge in [-0.05, 0) is 127 Å². The van der Waals surface area contributed by atoms with Crippen molar-refractivity contribution in [3.8, 4) is 0 Å². The Kier molecular flexibility index (Phi) is 51.5. The zero-order valence-corrected chi connectivity index (χ0v) is 72.8. The Labute approximate surface area is 694 Å². The van der Waals surface area contributed by atoms with Crippen LogP contribution in [0.1, 0.15) is 251 Å². The summed E-state index contributed by atoms with van der Waals surface area (Å²) in [5, 5.41) is 22.7. The number of hydrogen-bond donors (Lipinski definition) is 12. The van der Waals surface area contributed by atoms with Gasteiger partial charge in [-0.3, -0.25) is 76.7 Å². The molecule has 0 aromatic rings. The number of ether oxygens (including phenoxy) is 3. The van der Waals surface area contributed by atoms with E-state index in [1.54, 1.807) is 27.7 Å². The smallest absolute Gasteiger partial charge is 0.246 e. The Bertz CT molecular complexity index is 2970. The number of Topliss-reactive ketones (excluding diaryl/α,β-unsaturated/α-hetero) is 4. The summed E-state index contributed by atoms with van der Waals surface area (Å²) in [7, 11) is 0. The van der Waals surface area contributed by atoms with Gasteiger partial charge in [-0.1, -0.05) is 123 Å². The highest BCUT2D eigenvalue weighted by molar-refractivity contribution is 6.00. The first kappa shape index (κ1) is 105. The van der Waals surface area contributed by atoms with Crippen molar-refractivity contribution in [2.24, 2.45) is 82.1 Å². The summed E-state index contributed by atoms with van der Waals surface area (Å²) in [6, 6.07) is -7.95. The number of carbonyl (C=O) groups is 16. The molecule has 1 unspecified atom stereocenters. The second kappa shape index (κ2) is 57.3. The zero-order valence-electron chi connectivity index (χ0n) is 72.8. The molecule has 2 aliphatic heterocycles. The highest BCUT2D eigenvalue weighted by Crippen LogP contribution is 2.27. The predicted molar refractivity (Wildman–Crippen MR) is 443 cm³/mol. The standard InChI is InChI=1S/C84H148N14O19/c1-15-53(9)73(95-81(111)63-29-23-39-97(63)83(113)71(51(5)6)93-75(105)55(11)17-3)67(101)47-57(13)77(107)91-61(31-33-69(87)103)65(99)49-59(27-19-21-35-85)79(109)89-37-25-41-115-43-45-117-46-44-116-42-26-38-90-80(110)60(28-20-22-36-86)50-66(100)62(32-34-70(88)104)92-78(108)58(14)48-68(102)74(54(10)16-2)96-82(112)64-30-24-40-98(64)84(114)72(52(7)8)94-76(106)56(12)18-4/h51-64,71-74H,15-50,85-86H2,1-14H3,(H2,87,103)(H2,88,104)(H,89,109)(H,90,110)(H,91,107)(H,92,108)(H,93,105)(H,94,106)(H,95,111)(H,96,112)/t53-,54?,55+,56+,57+,58+,59+,60+,61-,62-,63-,64-,71-,72-,73-,74-/m0/s1. The third-order valence-corrected chi connectivity index (χ3v) is 22.6. The number of unbranched alkanes of at least 4 members (excludes halogenated alkanes) is 2. The van der Waals surface area contributed by atoms with Crippen molar-refractivity contribution in [1.29, 1.82) is 0 Å². The van der Waals surface area contributed by atoms with Crippen molar-refractivity contribution in [3.05, 3.63) is 0 Å². The van der Waals surface area contributed by atoms with E-state index in [-0.39, 0.29) is 163 Å². The molecule has 2 heterocycles. The van der Waals surface area contributed by atoms with Gasteiger partial charge in [0, 0.05) is 113 Å². The maximum atomic E-state index is 14.1. The van der Waals surface area contributed by atoms with Crippen molar-refractivity contribution < 1.29 is 90.9 Å². The average molecular weight is 1660 g/mol. The second-order valence-corrected chi connectivity index (χ2v) is 32.9. The monoisotopic (exact) mass is 1660 g/mol. The quantitative estimate of drug-likeness (QED) is 0.0387. The molecule has 2 aliphatic rings. The molecule has 2 fully saturated rings. The molecule has 117 heavy (non-hydrogen) atoms. The Morgan fingerprint density at radius 3 is 1.01 bits per heavy atom. The number of rotatable bonds is 64. The minimum absolute atomic E-state index is 0.153. The maximum absolute atomic E-state index is 14.1. The Morgan fingerprint density at radius 1 is 0.368 bits per heavy atom. The van der Waals surface area contributed by atoms with Crippen molar-refractivity contribution in [1.82, 2.24) is 52.3 Å². The van der Waals surface area contributed by atoms with Crippen LogP contribution in [0.3, 0.4) is 0 Å². The van der Waals surface area contributed by atoms with Crippen LogP contribution in [-0.4, -0.2) is 231 Å². The third kappa shape index (κ3) is 38.4. The molecule has 33 heteroatoms. The molecule has 16 N–H and O–H groups in total. The van der Waals surface area contributed by atoms with Gasteiger partial charge in [0.25, 0.3) is 0 Å². The first-order valence-electron chi connectivity index (χ1n) is 43.2. The van der Waals surface area contributed by atoms with Gasteiger partial charge in [0.05, 0.1) is 50.6 Å². The molecule has 0 aromatic heterocycles. The normalized spacial score (nSPS) is 17.7. The molecule has 0 spiro atoms. The molecule has 0 aliphatic carbocycles. The molecule has 668 valence electrons. The number of likely N-dealkylation sites (tertiary alicyclic amines) is 2. The molecule has 0 saturated carbocycles. The summed E-state index contributed by atoms with van der Waals surface area (Å²) in [4.78, 5) is 220. The molecule has 33 nitrogen and oxygen atoms in total. The number of nitrogens with two attached hydrogens (primary N) is 4. The molecule has 2 saturated heterocycles. The molecular formula is C84H148N14O19. The number of ketones is 4. The lowest BCUT2D eigenvalue weighted by Gasteiger charge is -2.32. The van der Waals surface area contributed by atoms with E-state index in [9.17, 15) is 76.7 Å². The Hall–Kier alpha value is -7.88. The van der Waals surface area contributed by atoms with E-state index in [0.29, 0.717) is 129 Å². The Morgan fingerprint density at radius 2 is 0.701 bits per heavy atom. The Balaban J connectivity index is 1.92. The minimum atomic E-state index is -1.22. The van der Waals surface area contributed by atoms with Crippen molar-refractivity contribution in [2.45, 2.75) is 299 Å². The maximum Gasteiger partial charge on any atom is 0.246 e. The van der Waals surface area contributed by atoms with Crippen LogP contribution in [0, 0.1) is 59.2 Å².